The second-order valence-corrected chi connectivity index (χ2v) is 3.35. The summed E-state index contributed by atoms with van der Waals surface area (Å²) in [5.41, 5.74) is 7.84. The van der Waals surface area contributed by atoms with E-state index in [1.807, 2.05) is 0 Å². The van der Waals surface area contributed by atoms with Crippen LogP contribution in [-0.2, 0) is 13.0 Å². The Hall–Kier alpha value is -1.91. The van der Waals surface area contributed by atoms with Crippen molar-refractivity contribution in [3.63, 3.8) is 0 Å². The summed E-state index contributed by atoms with van der Waals surface area (Å²) in [7, 11) is 0. The first-order valence-electron chi connectivity index (χ1n) is 4.89. The number of aromatic nitrogens is 4. The fourth-order valence-electron chi connectivity index (χ4n) is 1.37. The Kier molecular flexibility index (Phi) is 2.62. The van der Waals surface area contributed by atoms with Crippen LogP contribution in [0.25, 0.3) is 0 Å². The van der Waals surface area contributed by atoms with Gasteiger partial charge in [0.2, 0.25) is 0 Å². The number of nitrogens with zero attached hydrogens (tertiary/aromatic N) is 4. The number of aryl methyl sites for hydroxylation is 1. The Morgan fingerprint density at radius 2 is 1.87 bits per heavy atom. The number of benzene rings is 1. The molecule has 2 N–H and O–H groups in total. The highest BCUT2D eigenvalue weighted by Crippen LogP contribution is 2.05. The van der Waals surface area contributed by atoms with Crippen LogP contribution in [0.2, 0.25) is 0 Å². The predicted molar refractivity (Wildman–Crippen MR) is 57.2 cm³/mol. The lowest BCUT2D eigenvalue weighted by Crippen LogP contribution is -2.04. The summed E-state index contributed by atoms with van der Waals surface area (Å²) in [6.45, 7) is 2.74. The summed E-state index contributed by atoms with van der Waals surface area (Å²) in [5, 5.41) is 11.3. The molecule has 15 heavy (non-hydrogen) atoms. The van der Waals surface area contributed by atoms with Crippen LogP contribution in [0.5, 0.6) is 0 Å². The lowest BCUT2D eigenvalue weighted by atomic mass is 10.1. The third kappa shape index (κ3) is 2.31. The van der Waals surface area contributed by atoms with E-state index in [4.69, 9.17) is 5.73 Å². The summed E-state index contributed by atoms with van der Waals surface area (Å²) in [5.74, 6) is 0.208. The quantitative estimate of drug-likeness (QED) is 0.803. The van der Waals surface area contributed by atoms with E-state index in [0.29, 0.717) is 6.54 Å². The van der Waals surface area contributed by atoms with E-state index < -0.39 is 0 Å². The molecular formula is C10H13N5. The Labute approximate surface area is 87.9 Å². The number of nitrogens with two attached hydrogens (primary N) is 1. The van der Waals surface area contributed by atoms with Crippen molar-refractivity contribution in [3.8, 4) is 0 Å². The molecule has 0 aliphatic carbocycles. The average molecular weight is 203 g/mol. The summed E-state index contributed by atoms with van der Waals surface area (Å²) in [4.78, 5) is 1.48. The standard InChI is InChI=1S/C10H13N5/c1-2-8-3-5-9(6-4-8)7-15-13-10(11)12-14-15/h3-6H,2,7H2,1H3,(H2,11,13). The zero-order chi connectivity index (χ0) is 10.7. The molecule has 0 fully saturated rings. The van der Waals surface area contributed by atoms with Gasteiger partial charge in [-0.2, -0.15) is 4.80 Å². The molecule has 0 saturated carbocycles. The van der Waals surface area contributed by atoms with Crippen LogP contribution in [0.3, 0.4) is 0 Å². The van der Waals surface area contributed by atoms with Gasteiger partial charge in [-0.3, -0.25) is 0 Å². The maximum absolute atomic E-state index is 5.37. The molecular weight excluding hydrogens is 190 g/mol. The highest BCUT2D eigenvalue weighted by molar-refractivity contribution is 5.22. The summed E-state index contributed by atoms with van der Waals surface area (Å²) < 4.78 is 0. The Bertz CT molecular complexity index is 431. The minimum absolute atomic E-state index is 0.208. The topological polar surface area (TPSA) is 69.6 Å². The first-order chi connectivity index (χ1) is 7.28. The third-order valence-corrected chi connectivity index (χ3v) is 2.22. The number of rotatable bonds is 3. The zero-order valence-corrected chi connectivity index (χ0v) is 8.59. The van der Waals surface area contributed by atoms with Gasteiger partial charge in [-0.1, -0.05) is 36.3 Å². The Balaban J connectivity index is 2.11. The molecule has 1 aromatic heterocycles. The minimum atomic E-state index is 0.208. The fraction of sp³-hybridized carbons (Fsp3) is 0.300. The number of hydrogen-bond donors (Lipinski definition) is 1. The molecule has 5 heteroatoms. The summed E-state index contributed by atoms with van der Waals surface area (Å²) in [6.07, 6.45) is 1.05. The van der Waals surface area contributed by atoms with Crippen LogP contribution in [0, 0.1) is 0 Å². The van der Waals surface area contributed by atoms with Crippen LogP contribution in [0.15, 0.2) is 24.3 Å². The third-order valence-electron chi connectivity index (χ3n) is 2.22. The lowest BCUT2D eigenvalue weighted by molar-refractivity contribution is 0.573. The lowest BCUT2D eigenvalue weighted by Gasteiger charge is -2.00. The van der Waals surface area contributed by atoms with Gasteiger partial charge >= 0.3 is 0 Å². The number of tetrazole rings is 1. The van der Waals surface area contributed by atoms with E-state index in [-0.39, 0.29) is 5.95 Å². The fourth-order valence-corrected chi connectivity index (χ4v) is 1.37. The van der Waals surface area contributed by atoms with E-state index in [9.17, 15) is 0 Å². The van der Waals surface area contributed by atoms with Crippen molar-refractivity contribution in [1.29, 1.82) is 0 Å². The van der Waals surface area contributed by atoms with Crippen molar-refractivity contribution in [2.24, 2.45) is 0 Å². The highest BCUT2D eigenvalue weighted by atomic mass is 15.6. The van der Waals surface area contributed by atoms with Gasteiger partial charge in [-0.05, 0) is 22.8 Å². The second kappa shape index (κ2) is 4.08. The van der Waals surface area contributed by atoms with E-state index >= 15 is 0 Å². The first-order valence-corrected chi connectivity index (χ1v) is 4.89. The van der Waals surface area contributed by atoms with Gasteiger partial charge in [-0.25, -0.2) is 0 Å². The van der Waals surface area contributed by atoms with E-state index in [1.54, 1.807) is 0 Å². The molecule has 0 aliphatic rings. The average Bonchev–Trinajstić information content (AvgIpc) is 2.65. The summed E-state index contributed by atoms with van der Waals surface area (Å²) >= 11 is 0. The minimum Gasteiger partial charge on any atom is -0.365 e. The van der Waals surface area contributed by atoms with Crippen LogP contribution in [-0.4, -0.2) is 20.2 Å². The van der Waals surface area contributed by atoms with Crippen molar-refractivity contribution in [2.45, 2.75) is 19.9 Å². The van der Waals surface area contributed by atoms with E-state index in [2.05, 4.69) is 46.6 Å². The molecule has 0 saturated heterocycles. The Morgan fingerprint density at radius 1 is 1.20 bits per heavy atom. The van der Waals surface area contributed by atoms with Crippen molar-refractivity contribution < 1.29 is 0 Å². The van der Waals surface area contributed by atoms with Crippen LogP contribution >= 0.6 is 0 Å². The largest absolute Gasteiger partial charge is 0.365 e. The second-order valence-electron chi connectivity index (χ2n) is 3.35. The van der Waals surface area contributed by atoms with Gasteiger partial charge < -0.3 is 5.73 Å². The first kappa shape index (κ1) is 9.64. The van der Waals surface area contributed by atoms with Crippen molar-refractivity contribution in [3.05, 3.63) is 35.4 Å². The SMILES string of the molecule is CCc1ccc(Cn2nnc(N)n2)cc1. The number of hydrogen-bond acceptors (Lipinski definition) is 4. The van der Waals surface area contributed by atoms with Crippen LogP contribution in [0.4, 0.5) is 5.95 Å². The van der Waals surface area contributed by atoms with Gasteiger partial charge in [0.25, 0.3) is 5.95 Å². The maximum Gasteiger partial charge on any atom is 0.260 e. The normalized spacial score (nSPS) is 10.5. The molecule has 2 aromatic rings. The molecule has 0 bridgehead atoms. The molecule has 1 heterocycles. The molecule has 0 amide bonds. The van der Waals surface area contributed by atoms with Gasteiger partial charge in [0, 0.05) is 0 Å². The van der Waals surface area contributed by atoms with Crippen molar-refractivity contribution in [1.82, 2.24) is 20.2 Å². The molecule has 0 unspecified atom stereocenters. The van der Waals surface area contributed by atoms with Crippen molar-refractivity contribution >= 4 is 5.95 Å². The smallest absolute Gasteiger partial charge is 0.260 e. The zero-order valence-electron chi connectivity index (χ0n) is 8.59. The van der Waals surface area contributed by atoms with Crippen molar-refractivity contribution in [2.75, 3.05) is 5.73 Å². The van der Waals surface area contributed by atoms with E-state index in [0.717, 1.165) is 12.0 Å². The monoisotopic (exact) mass is 203 g/mol. The number of anilines is 1. The van der Waals surface area contributed by atoms with Gasteiger partial charge in [0.1, 0.15) is 0 Å². The molecule has 0 aliphatic heterocycles. The molecule has 0 spiro atoms. The molecule has 2 rings (SSSR count). The van der Waals surface area contributed by atoms with Gasteiger partial charge in [-0.15, -0.1) is 5.10 Å². The predicted octanol–water partition coefficient (Wildman–Crippen LogP) is 0.866. The molecule has 1 aromatic carbocycles. The van der Waals surface area contributed by atoms with Gasteiger partial charge in [0.15, 0.2) is 0 Å². The Morgan fingerprint density at radius 3 is 2.40 bits per heavy atom. The van der Waals surface area contributed by atoms with E-state index in [1.165, 1.54) is 10.4 Å². The van der Waals surface area contributed by atoms with Crippen LogP contribution < -0.4 is 5.73 Å². The molecule has 0 radical (unpaired) electrons. The number of nitrogen functional groups attached to an aromatic ring is 1. The van der Waals surface area contributed by atoms with Crippen LogP contribution in [0.1, 0.15) is 18.1 Å². The maximum atomic E-state index is 5.37. The molecule has 78 valence electrons. The molecule has 5 nitrogen and oxygen atoms in total. The van der Waals surface area contributed by atoms with Gasteiger partial charge in [0.05, 0.1) is 6.54 Å². The highest BCUT2D eigenvalue weighted by Gasteiger charge is 1.99. The molecule has 0 atom stereocenters. The summed E-state index contributed by atoms with van der Waals surface area (Å²) in [6, 6.07) is 8.35.